The average Bonchev–Trinajstić information content (AvgIpc) is 3.02. The summed E-state index contributed by atoms with van der Waals surface area (Å²) in [5, 5.41) is 2.77. The summed E-state index contributed by atoms with van der Waals surface area (Å²) in [7, 11) is 0. The van der Waals surface area contributed by atoms with Gasteiger partial charge in [0, 0.05) is 37.3 Å². The van der Waals surface area contributed by atoms with Crippen molar-refractivity contribution in [2.75, 3.05) is 6.54 Å². The summed E-state index contributed by atoms with van der Waals surface area (Å²) in [5.41, 5.74) is 0.624. The minimum Gasteiger partial charge on any atom is -0.439 e. The third-order valence-electron chi connectivity index (χ3n) is 5.83. The van der Waals surface area contributed by atoms with Gasteiger partial charge in [0.25, 0.3) is 0 Å². The highest BCUT2D eigenvalue weighted by Crippen LogP contribution is 2.38. The van der Waals surface area contributed by atoms with Crippen LogP contribution in [0.2, 0.25) is 0 Å². The van der Waals surface area contributed by atoms with E-state index in [2.05, 4.69) is 10.3 Å². The summed E-state index contributed by atoms with van der Waals surface area (Å²) in [4.78, 5) is 42.8. The maximum absolute atomic E-state index is 13.4. The number of pyridine rings is 1. The molecule has 1 aliphatic heterocycles. The Morgan fingerprint density at radius 2 is 1.87 bits per heavy atom. The second-order valence-corrected chi connectivity index (χ2v) is 7.88. The van der Waals surface area contributed by atoms with Crippen LogP contribution in [-0.2, 0) is 20.9 Å². The smallest absolute Gasteiger partial charge is 0.233 e. The van der Waals surface area contributed by atoms with Gasteiger partial charge in [0.1, 0.15) is 11.6 Å². The van der Waals surface area contributed by atoms with Crippen LogP contribution in [0.1, 0.15) is 37.7 Å². The molecular formula is C23H24FN3O4. The van der Waals surface area contributed by atoms with Crippen molar-refractivity contribution in [3.63, 3.8) is 0 Å². The average molecular weight is 425 g/mol. The molecular weight excluding hydrogens is 401 g/mol. The van der Waals surface area contributed by atoms with Crippen molar-refractivity contribution in [3.05, 3.63) is 54.0 Å². The van der Waals surface area contributed by atoms with Crippen LogP contribution in [0, 0.1) is 17.7 Å². The van der Waals surface area contributed by atoms with E-state index in [0.29, 0.717) is 11.3 Å². The molecule has 2 heterocycles. The van der Waals surface area contributed by atoms with Crippen LogP contribution in [0.5, 0.6) is 11.6 Å². The summed E-state index contributed by atoms with van der Waals surface area (Å²) in [6.45, 7) is 0.251. The lowest BCUT2D eigenvalue weighted by molar-refractivity contribution is -0.140. The van der Waals surface area contributed by atoms with E-state index in [1.54, 1.807) is 24.4 Å². The molecule has 1 saturated carbocycles. The second kappa shape index (κ2) is 9.24. The van der Waals surface area contributed by atoms with E-state index >= 15 is 0 Å². The predicted octanol–water partition coefficient (Wildman–Crippen LogP) is 3.19. The topological polar surface area (TPSA) is 88.6 Å². The van der Waals surface area contributed by atoms with Gasteiger partial charge < -0.3 is 10.1 Å². The number of imide groups is 1. The summed E-state index contributed by atoms with van der Waals surface area (Å²) in [6, 6.07) is 9.17. The number of likely N-dealkylation sites (tertiary alicyclic amines) is 1. The Balaban J connectivity index is 1.31. The summed E-state index contributed by atoms with van der Waals surface area (Å²) in [5.74, 6) is -0.822. The van der Waals surface area contributed by atoms with Crippen LogP contribution >= 0.6 is 0 Å². The van der Waals surface area contributed by atoms with Gasteiger partial charge in [-0.25, -0.2) is 9.37 Å². The van der Waals surface area contributed by atoms with E-state index in [1.807, 2.05) is 0 Å². The molecule has 1 N–H and O–H groups in total. The van der Waals surface area contributed by atoms with E-state index in [4.69, 9.17) is 4.74 Å². The Labute approximate surface area is 179 Å². The molecule has 7 nitrogen and oxygen atoms in total. The fourth-order valence-electron chi connectivity index (χ4n) is 4.24. The quantitative estimate of drug-likeness (QED) is 0.689. The molecule has 1 aliphatic carbocycles. The fourth-order valence-corrected chi connectivity index (χ4v) is 4.24. The van der Waals surface area contributed by atoms with Gasteiger partial charge in [-0.15, -0.1) is 0 Å². The highest BCUT2D eigenvalue weighted by molar-refractivity contribution is 6.05. The molecule has 2 atom stereocenters. The van der Waals surface area contributed by atoms with Gasteiger partial charge in [-0.3, -0.25) is 19.3 Å². The molecule has 2 aromatic rings. The van der Waals surface area contributed by atoms with Crippen molar-refractivity contribution < 1.29 is 23.5 Å². The molecule has 2 unspecified atom stereocenters. The van der Waals surface area contributed by atoms with Gasteiger partial charge >= 0.3 is 0 Å². The molecule has 1 saturated heterocycles. The van der Waals surface area contributed by atoms with Crippen LogP contribution in [0.25, 0.3) is 0 Å². The largest absolute Gasteiger partial charge is 0.439 e. The molecule has 1 aromatic heterocycles. The molecule has 4 rings (SSSR count). The molecule has 0 bridgehead atoms. The zero-order valence-corrected chi connectivity index (χ0v) is 17.1. The van der Waals surface area contributed by atoms with Crippen molar-refractivity contribution in [1.82, 2.24) is 15.2 Å². The van der Waals surface area contributed by atoms with Crippen LogP contribution in [0.15, 0.2) is 42.6 Å². The van der Waals surface area contributed by atoms with Crippen molar-refractivity contribution in [3.8, 4) is 11.6 Å². The summed E-state index contributed by atoms with van der Waals surface area (Å²) < 4.78 is 19.0. The van der Waals surface area contributed by atoms with Gasteiger partial charge in [0.2, 0.25) is 23.6 Å². The number of hydrogen-bond acceptors (Lipinski definition) is 5. The second-order valence-electron chi connectivity index (χ2n) is 7.88. The standard InChI is InChI=1S/C23H24FN3O4/c24-16-6-3-7-17(13-16)31-21-15(5-4-11-25-21)14-26-20(28)10-12-27-22(29)18-8-1-2-9-19(18)23(27)30/h3-7,11,13,18-19H,1-2,8-10,12,14H2,(H,26,28). The lowest BCUT2D eigenvalue weighted by atomic mass is 9.81. The molecule has 2 fully saturated rings. The van der Waals surface area contributed by atoms with E-state index in [-0.39, 0.29) is 54.9 Å². The number of carbonyl (C=O) groups is 3. The lowest BCUT2D eigenvalue weighted by Crippen LogP contribution is -2.35. The number of rotatable bonds is 7. The Kier molecular flexibility index (Phi) is 6.25. The summed E-state index contributed by atoms with van der Waals surface area (Å²) in [6.07, 6.45) is 5.04. The molecule has 0 radical (unpaired) electrons. The van der Waals surface area contributed by atoms with Gasteiger partial charge in [0.05, 0.1) is 11.8 Å². The Morgan fingerprint density at radius 1 is 1.13 bits per heavy atom. The third-order valence-corrected chi connectivity index (χ3v) is 5.83. The van der Waals surface area contributed by atoms with Gasteiger partial charge in [-0.1, -0.05) is 25.0 Å². The Morgan fingerprint density at radius 3 is 2.58 bits per heavy atom. The lowest BCUT2D eigenvalue weighted by Gasteiger charge is -2.19. The number of benzene rings is 1. The molecule has 31 heavy (non-hydrogen) atoms. The third kappa shape index (κ3) is 4.73. The van der Waals surface area contributed by atoms with Crippen molar-refractivity contribution in [1.29, 1.82) is 0 Å². The molecule has 2 aliphatic rings. The number of carbonyl (C=O) groups excluding carboxylic acids is 3. The van der Waals surface area contributed by atoms with Gasteiger partial charge in [-0.2, -0.15) is 0 Å². The number of nitrogens with one attached hydrogen (secondary N) is 1. The number of aromatic nitrogens is 1. The van der Waals surface area contributed by atoms with E-state index in [1.165, 1.54) is 23.1 Å². The van der Waals surface area contributed by atoms with Gasteiger partial charge in [0.15, 0.2) is 0 Å². The number of nitrogens with zero attached hydrogens (tertiary/aromatic N) is 2. The van der Waals surface area contributed by atoms with Crippen LogP contribution in [0.4, 0.5) is 4.39 Å². The Hall–Kier alpha value is -3.29. The zero-order chi connectivity index (χ0) is 21.8. The highest BCUT2D eigenvalue weighted by Gasteiger charge is 2.47. The monoisotopic (exact) mass is 425 g/mol. The van der Waals surface area contributed by atoms with Gasteiger partial charge in [-0.05, 0) is 31.0 Å². The van der Waals surface area contributed by atoms with Crippen molar-refractivity contribution >= 4 is 17.7 Å². The van der Waals surface area contributed by atoms with E-state index in [0.717, 1.165) is 25.7 Å². The first-order valence-electron chi connectivity index (χ1n) is 10.5. The maximum Gasteiger partial charge on any atom is 0.233 e. The number of hydrogen-bond donors (Lipinski definition) is 1. The normalized spacial score (nSPS) is 20.5. The van der Waals surface area contributed by atoms with Crippen LogP contribution in [0.3, 0.4) is 0 Å². The number of ether oxygens (including phenoxy) is 1. The number of fused-ring (bicyclic) bond motifs is 1. The number of halogens is 1. The zero-order valence-electron chi connectivity index (χ0n) is 17.1. The fraction of sp³-hybridized carbons (Fsp3) is 0.391. The molecule has 3 amide bonds. The molecule has 8 heteroatoms. The van der Waals surface area contributed by atoms with Crippen LogP contribution in [-0.4, -0.2) is 34.2 Å². The van der Waals surface area contributed by atoms with E-state index in [9.17, 15) is 18.8 Å². The Bertz CT molecular complexity index is 972. The minimum atomic E-state index is -0.422. The first-order chi connectivity index (χ1) is 15.0. The SMILES string of the molecule is O=C(CCN1C(=O)C2CCCCC2C1=O)NCc1cccnc1Oc1cccc(F)c1. The van der Waals surface area contributed by atoms with Crippen molar-refractivity contribution in [2.45, 2.75) is 38.6 Å². The van der Waals surface area contributed by atoms with Crippen LogP contribution < -0.4 is 10.1 Å². The molecule has 1 aromatic carbocycles. The molecule has 0 spiro atoms. The highest BCUT2D eigenvalue weighted by atomic mass is 19.1. The molecule has 162 valence electrons. The maximum atomic E-state index is 13.4. The number of amides is 3. The predicted molar refractivity (Wildman–Crippen MR) is 109 cm³/mol. The first kappa shape index (κ1) is 21.0. The van der Waals surface area contributed by atoms with E-state index < -0.39 is 5.82 Å². The first-order valence-corrected chi connectivity index (χ1v) is 10.5. The summed E-state index contributed by atoms with van der Waals surface area (Å²) >= 11 is 0. The van der Waals surface area contributed by atoms with Crippen molar-refractivity contribution in [2.24, 2.45) is 11.8 Å². The minimum absolute atomic E-state index is 0.0390.